The number of unbranched alkanes of at least 4 members (excludes halogenated alkanes) is 3. The standard InChI is InChI=1S/C15H29ClO/c1-13-10-14(12-15(2,3)11-13)17-9-7-5-4-6-8-16/h13-14H,4-12H2,1-3H3. The van der Waals surface area contributed by atoms with Gasteiger partial charge in [0.25, 0.3) is 0 Å². The summed E-state index contributed by atoms with van der Waals surface area (Å²) in [5.41, 5.74) is 0.473. The maximum Gasteiger partial charge on any atom is 0.0582 e. The number of ether oxygens (including phenoxy) is 1. The first-order valence-corrected chi connectivity index (χ1v) is 7.74. The molecule has 17 heavy (non-hydrogen) atoms. The molecule has 0 N–H and O–H groups in total. The minimum absolute atomic E-state index is 0.473. The highest BCUT2D eigenvalue weighted by atomic mass is 35.5. The zero-order valence-corrected chi connectivity index (χ0v) is 12.6. The van der Waals surface area contributed by atoms with E-state index in [1.54, 1.807) is 0 Å². The third-order valence-electron chi connectivity index (χ3n) is 3.73. The van der Waals surface area contributed by atoms with Crippen molar-refractivity contribution in [2.45, 2.75) is 71.8 Å². The topological polar surface area (TPSA) is 9.23 Å². The average Bonchev–Trinajstić information content (AvgIpc) is 2.20. The van der Waals surface area contributed by atoms with Crippen molar-refractivity contribution in [2.75, 3.05) is 12.5 Å². The van der Waals surface area contributed by atoms with Crippen LogP contribution in [0.4, 0.5) is 0 Å². The van der Waals surface area contributed by atoms with Gasteiger partial charge in [-0.25, -0.2) is 0 Å². The maximum absolute atomic E-state index is 6.04. The van der Waals surface area contributed by atoms with Crippen molar-refractivity contribution in [2.24, 2.45) is 11.3 Å². The molecule has 0 heterocycles. The Hall–Kier alpha value is 0.250. The van der Waals surface area contributed by atoms with Gasteiger partial charge in [-0.2, -0.15) is 0 Å². The van der Waals surface area contributed by atoms with Crippen molar-refractivity contribution >= 4 is 11.6 Å². The summed E-state index contributed by atoms with van der Waals surface area (Å²) >= 11 is 5.65. The second-order valence-electron chi connectivity index (χ2n) is 6.51. The summed E-state index contributed by atoms with van der Waals surface area (Å²) in [7, 11) is 0. The third-order valence-corrected chi connectivity index (χ3v) is 4.00. The van der Waals surface area contributed by atoms with Gasteiger partial charge in [0.2, 0.25) is 0 Å². The van der Waals surface area contributed by atoms with Crippen molar-refractivity contribution in [3.8, 4) is 0 Å². The van der Waals surface area contributed by atoms with Crippen LogP contribution in [0, 0.1) is 11.3 Å². The summed E-state index contributed by atoms with van der Waals surface area (Å²) in [4.78, 5) is 0. The van der Waals surface area contributed by atoms with E-state index in [2.05, 4.69) is 20.8 Å². The molecule has 1 aliphatic carbocycles. The van der Waals surface area contributed by atoms with E-state index < -0.39 is 0 Å². The Labute approximate surface area is 112 Å². The van der Waals surface area contributed by atoms with Crippen LogP contribution in [-0.4, -0.2) is 18.6 Å². The van der Waals surface area contributed by atoms with E-state index in [0.29, 0.717) is 11.5 Å². The van der Waals surface area contributed by atoms with Gasteiger partial charge in [0.05, 0.1) is 6.10 Å². The normalized spacial score (nSPS) is 28.2. The minimum atomic E-state index is 0.473. The Morgan fingerprint density at radius 1 is 1.12 bits per heavy atom. The molecule has 0 aromatic rings. The first kappa shape index (κ1) is 15.3. The summed E-state index contributed by atoms with van der Waals surface area (Å²) in [6, 6.07) is 0. The molecule has 1 rings (SSSR count). The molecule has 0 saturated heterocycles. The van der Waals surface area contributed by atoms with Crippen molar-refractivity contribution < 1.29 is 4.74 Å². The lowest BCUT2D eigenvalue weighted by atomic mass is 9.71. The molecule has 2 atom stereocenters. The van der Waals surface area contributed by atoms with Crippen molar-refractivity contribution in [3.05, 3.63) is 0 Å². The van der Waals surface area contributed by atoms with Crippen LogP contribution in [0.1, 0.15) is 65.7 Å². The molecule has 2 heteroatoms. The van der Waals surface area contributed by atoms with Crippen LogP contribution in [0.15, 0.2) is 0 Å². The monoisotopic (exact) mass is 260 g/mol. The molecular weight excluding hydrogens is 232 g/mol. The molecule has 2 unspecified atom stereocenters. The van der Waals surface area contributed by atoms with Gasteiger partial charge in [0.15, 0.2) is 0 Å². The summed E-state index contributed by atoms with van der Waals surface area (Å²) in [6.45, 7) is 8.05. The van der Waals surface area contributed by atoms with Crippen LogP contribution in [-0.2, 0) is 4.74 Å². The number of alkyl halides is 1. The quantitative estimate of drug-likeness (QED) is 0.461. The lowest BCUT2D eigenvalue weighted by molar-refractivity contribution is -0.0240. The predicted octanol–water partition coefficient (Wildman–Crippen LogP) is 5.02. The van der Waals surface area contributed by atoms with Gasteiger partial charge in [-0.1, -0.05) is 33.6 Å². The highest BCUT2D eigenvalue weighted by molar-refractivity contribution is 6.17. The van der Waals surface area contributed by atoms with E-state index in [1.807, 2.05) is 0 Å². The van der Waals surface area contributed by atoms with Crippen LogP contribution in [0.2, 0.25) is 0 Å². The second kappa shape index (κ2) is 7.63. The molecule has 0 bridgehead atoms. The highest BCUT2D eigenvalue weighted by Crippen LogP contribution is 2.39. The van der Waals surface area contributed by atoms with Crippen molar-refractivity contribution in [3.63, 3.8) is 0 Å². The fraction of sp³-hybridized carbons (Fsp3) is 1.00. The molecule has 0 spiro atoms. The smallest absolute Gasteiger partial charge is 0.0582 e. The molecule has 102 valence electrons. The molecule has 0 amide bonds. The number of halogens is 1. The molecule has 0 radical (unpaired) electrons. The van der Waals surface area contributed by atoms with Gasteiger partial charge in [-0.3, -0.25) is 0 Å². The van der Waals surface area contributed by atoms with E-state index in [0.717, 1.165) is 24.8 Å². The summed E-state index contributed by atoms with van der Waals surface area (Å²) in [5, 5.41) is 0. The van der Waals surface area contributed by atoms with E-state index in [9.17, 15) is 0 Å². The lowest BCUT2D eigenvalue weighted by Gasteiger charge is -2.38. The number of hydrogen-bond acceptors (Lipinski definition) is 1. The molecular formula is C15H29ClO. The lowest BCUT2D eigenvalue weighted by Crippen LogP contribution is -2.32. The van der Waals surface area contributed by atoms with Gasteiger partial charge < -0.3 is 4.74 Å². The largest absolute Gasteiger partial charge is 0.378 e. The Kier molecular flexibility index (Phi) is 6.87. The zero-order chi connectivity index (χ0) is 12.7. The molecule has 0 aromatic carbocycles. The molecule has 1 nitrogen and oxygen atoms in total. The van der Waals surface area contributed by atoms with Gasteiger partial charge >= 0.3 is 0 Å². The van der Waals surface area contributed by atoms with Crippen molar-refractivity contribution in [1.82, 2.24) is 0 Å². The van der Waals surface area contributed by atoms with Crippen molar-refractivity contribution in [1.29, 1.82) is 0 Å². The Balaban J connectivity index is 2.10. The summed E-state index contributed by atoms with van der Waals surface area (Å²) in [6.07, 6.45) is 9.20. The first-order chi connectivity index (χ1) is 8.03. The van der Waals surface area contributed by atoms with Gasteiger partial charge in [-0.05, 0) is 43.4 Å². The summed E-state index contributed by atoms with van der Waals surface area (Å²) < 4.78 is 6.04. The van der Waals surface area contributed by atoms with E-state index in [4.69, 9.17) is 16.3 Å². The number of rotatable bonds is 7. The van der Waals surface area contributed by atoms with Crippen LogP contribution >= 0.6 is 11.6 Å². The van der Waals surface area contributed by atoms with Crippen LogP contribution < -0.4 is 0 Å². The Morgan fingerprint density at radius 2 is 1.82 bits per heavy atom. The van der Waals surface area contributed by atoms with Gasteiger partial charge in [0.1, 0.15) is 0 Å². The molecule has 1 aliphatic rings. The second-order valence-corrected chi connectivity index (χ2v) is 6.89. The molecule has 1 fully saturated rings. The Bertz CT molecular complexity index is 203. The van der Waals surface area contributed by atoms with E-state index in [1.165, 1.54) is 38.5 Å². The zero-order valence-electron chi connectivity index (χ0n) is 11.8. The van der Waals surface area contributed by atoms with E-state index >= 15 is 0 Å². The van der Waals surface area contributed by atoms with Crippen LogP contribution in [0.5, 0.6) is 0 Å². The molecule has 1 saturated carbocycles. The van der Waals surface area contributed by atoms with Crippen LogP contribution in [0.25, 0.3) is 0 Å². The van der Waals surface area contributed by atoms with E-state index in [-0.39, 0.29) is 0 Å². The first-order valence-electron chi connectivity index (χ1n) is 7.21. The van der Waals surface area contributed by atoms with Gasteiger partial charge in [-0.15, -0.1) is 11.6 Å². The average molecular weight is 261 g/mol. The fourth-order valence-corrected chi connectivity index (χ4v) is 3.37. The van der Waals surface area contributed by atoms with Gasteiger partial charge in [0, 0.05) is 12.5 Å². The SMILES string of the molecule is CC1CC(OCCCCCCCl)CC(C)(C)C1. The fourth-order valence-electron chi connectivity index (χ4n) is 3.19. The Morgan fingerprint density at radius 3 is 2.47 bits per heavy atom. The summed E-state index contributed by atoms with van der Waals surface area (Å²) in [5.74, 6) is 1.62. The predicted molar refractivity (Wildman–Crippen MR) is 75.7 cm³/mol. The maximum atomic E-state index is 6.04. The third kappa shape index (κ3) is 6.67. The number of hydrogen-bond donors (Lipinski definition) is 0. The molecule has 0 aliphatic heterocycles. The highest BCUT2D eigenvalue weighted by Gasteiger charge is 2.32. The van der Waals surface area contributed by atoms with Crippen LogP contribution in [0.3, 0.4) is 0 Å². The minimum Gasteiger partial charge on any atom is -0.378 e. The molecule has 0 aromatic heterocycles.